The molecule has 0 radical (unpaired) electrons. The molecular formula is C25H50O8. The van der Waals surface area contributed by atoms with Gasteiger partial charge in [0.15, 0.2) is 0 Å². The molecule has 198 valence electrons. The predicted molar refractivity (Wildman–Crippen MR) is 127 cm³/mol. The molecule has 8 heteroatoms. The lowest BCUT2D eigenvalue weighted by atomic mass is 9.82. The van der Waals surface area contributed by atoms with Gasteiger partial charge in [0, 0.05) is 0 Å². The van der Waals surface area contributed by atoms with Gasteiger partial charge in [-0.3, -0.25) is 0 Å². The molecule has 0 bridgehead atoms. The van der Waals surface area contributed by atoms with Crippen LogP contribution in [0.2, 0.25) is 0 Å². The van der Waals surface area contributed by atoms with Crippen LogP contribution in [0.25, 0.3) is 0 Å². The number of hydrogen-bond acceptors (Lipinski definition) is 8. The molecule has 0 amide bonds. The van der Waals surface area contributed by atoms with Crippen LogP contribution >= 0.6 is 0 Å². The number of rotatable bonds is 19. The summed E-state index contributed by atoms with van der Waals surface area (Å²) in [6.07, 6.45) is 7.60. The highest BCUT2D eigenvalue weighted by Crippen LogP contribution is 2.30. The summed E-state index contributed by atoms with van der Waals surface area (Å²) in [6, 6.07) is 0. The Bertz CT molecular complexity index is 477. The Morgan fingerprint density at radius 3 is 1.58 bits per heavy atom. The van der Waals surface area contributed by atoms with E-state index in [-0.39, 0.29) is 6.42 Å². The molecule has 1 aliphatic heterocycles. The summed E-state index contributed by atoms with van der Waals surface area (Å²) in [5.74, 6) is 0. The first-order chi connectivity index (χ1) is 15.8. The lowest BCUT2D eigenvalue weighted by Gasteiger charge is -2.45. The van der Waals surface area contributed by atoms with Crippen LogP contribution in [0.1, 0.15) is 103 Å². The lowest BCUT2D eigenvalue weighted by molar-refractivity contribution is -0.271. The Morgan fingerprint density at radius 2 is 1.15 bits per heavy atom. The fourth-order valence-electron chi connectivity index (χ4n) is 4.64. The van der Waals surface area contributed by atoms with Crippen LogP contribution in [0, 0.1) is 0 Å². The molecule has 1 saturated heterocycles. The molecule has 1 rings (SSSR count). The maximum atomic E-state index is 10.8. The van der Waals surface area contributed by atoms with Gasteiger partial charge in [-0.1, -0.05) is 96.8 Å². The Labute approximate surface area is 199 Å². The molecule has 0 aliphatic carbocycles. The normalized spacial score (nSPS) is 28.5. The van der Waals surface area contributed by atoms with Gasteiger partial charge in [-0.05, 0) is 6.42 Å². The topological polar surface area (TPSA) is 151 Å². The molecule has 1 aliphatic rings. The van der Waals surface area contributed by atoms with E-state index in [9.17, 15) is 35.7 Å². The third-order valence-electron chi connectivity index (χ3n) is 7.03. The van der Waals surface area contributed by atoms with Gasteiger partial charge in [-0.2, -0.15) is 0 Å². The van der Waals surface area contributed by atoms with Crippen LogP contribution in [0.3, 0.4) is 0 Å². The van der Waals surface area contributed by atoms with Crippen molar-refractivity contribution < 1.29 is 40.5 Å². The van der Waals surface area contributed by atoms with Crippen LogP contribution < -0.4 is 0 Å². The Morgan fingerprint density at radius 1 is 0.697 bits per heavy atom. The van der Waals surface area contributed by atoms with Gasteiger partial charge in [0.2, 0.25) is 0 Å². The second kappa shape index (κ2) is 17.2. The molecule has 33 heavy (non-hydrogen) atoms. The van der Waals surface area contributed by atoms with Crippen molar-refractivity contribution >= 4 is 0 Å². The third-order valence-corrected chi connectivity index (χ3v) is 7.03. The zero-order valence-electron chi connectivity index (χ0n) is 20.5. The van der Waals surface area contributed by atoms with Gasteiger partial charge in [0.25, 0.3) is 0 Å². The van der Waals surface area contributed by atoms with Crippen molar-refractivity contribution in [3.8, 4) is 0 Å². The van der Waals surface area contributed by atoms with E-state index in [2.05, 4.69) is 6.92 Å². The summed E-state index contributed by atoms with van der Waals surface area (Å²) >= 11 is 0. The summed E-state index contributed by atoms with van der Waals surface area (Å²) in [5, 5.41) is 70.4. The molecule has 0 aromatic rings. The van der Waals surface area contributed by atoms with Crippen LogP contribution in [0.4, 0.5) is 0 Å². The molecule has 7 N–H and O–H groups in total. The van der Waals surface area contributed by atoms with E-state index in [1.807, 2.05) is 0 Å². The molecule has 0 aromatic heterocycles. The summed E-state index contributed by atoms with van der Waals surface area (Å²) in [5.41, 5.74) is -1.91. The largest absolute Gasteiger partial charge is 0.394 e. The summed E-state index contributed by atoms with van der Waals surface area (Å²) in [4.78, 5) is 0. The molecule has 7 atom stereocenters. The fourth-order valence-corrected chi connectivity index (χ4v) is 4.64. The molecule has 0 spiro atoms. The zero-order valence-corrected chi connectivity index (χ0v) is 20.5. The van der Waals surface area contributed by atoms with E-state index in [1.54, 1.807) is 0 Å². The number of aliphatic hydroxyl groups is 7. The summed E-state index contributed by atoms with van der Waals surface area (Å²) in [7, 11) is 0. The number of hydrogen-bond donors (Lipinski definition) is 7. The second-order valence-corrected chi connectivity index (χ2v) is 9.85. The smallest absolute Gasteiger partial charge is 0.116 e. The monoisotopic (exact) mass is 478 g/mol. The van der Waals surface area contributed by atoms with Crippen LogP contribution in [0.15, 0.2) is 0 Å². The zero-order chi connectivity index (χ0) is 24.7. The van der Waals surface area contributed by atoms with Crippen molar-refractivity contribution in [3.05, 3.63) is 0 Å². The Hall–Kier alpha value is -0.320. The second-order valence-electron chi connectivity index (χ2n) is 9.85. The van der Waals surface area contributed by atoms with E-state index in [1.165, 1.54) is 64.2 Å². The van der Waals surface area contributed by atoms with E-state index >= 15 is 0 Å². The van der Waals surface area contributed by atoms with Crippen molar-refractivity contribution in [2.45, 2.75) is 145 Å². The van der Waals surface area contributed by atoms with Crippen LogP contribution in [-0.2, 0) is 4.74 Å². The Kier molecular flexibility index (Phi) is 16.0. The van der Waals surface area contributed by atoms with Crippen LogP contribution in [0.5, 0.6) is 0 Å². The molecule has 8 nitrogen and oxygen atoms in total. The van der Waals surface area contributed by atoms with Gasteiger partial charge < -0.3 is 40.5 Å². The average molecular weight is 479 g/mol. The number of aliphatic hydroxyl groups excluding tert-OH is 6. The van der Waals surface area contributed by atoms with Gasteiger partial charge in [0.05, 0.1) is 13.2 Å². The van der Waals surface area contributed by atoms with E-state index in [4.69, 9.17) is 4.74 Å². The van der Waals surface area contributed by atoms with E-state index in [0.717, 1.165) is 19.3 Å². The molecule has 0 aromatic carbocycles. The van der Waals surface area contributed by atoms with Crippen LogP contribution in [-0.4, -0.2) is 91.2 Å². The number of ether oxygens (including phenoxy) is 1. The third kappa shape index (κ3) is 10.4. The van der Waals surface area contributed by atoms with E-state index in [0.29, 0.717) is 6.42 Å². The standard InChI is InChI=1S/C25H50O8/c1-2-3-4-5-6-7-8-9-10-11-12-13-14-15-16-25(32,18-27)24(31)23-22(30)21(29)20(28)19(17-26)33-23/h19-24,26-32H,2-18H2,1H3/t19-,20+,21+,22-,23?,24?,25?/m1/s1. The van der Waals surface area contributed by atoms with Crippen molar-refractivity contribution in [1.29, 1.82) is 0 Å². The minimum absolute atomic E-state index is 0.109. The summed E-state index contributed by atoms with van der Waals surface area (Å²) in [6.45, 7) is 0.882. The van der Waals surface area contributed by atoms with Gasteiger partial charge in [0.1, 0.15) is 42.2 Å². The first-order valence-electron chi connectivity index (χ1n) is 13.1. The van der Waals surface area contributed by atoms with Gasteiger partial charge in [-0.25, -0.2) is 0 Å². The average Bonchev–Trinajstić information content (AvgIpc) is 2.82. The minimum atomic E-state index is -1.91. The molecule has 3 unspecified atom stereocenters. The van der Waals surface area contributed by atoms with Crippen molar-refractivity contribution in [3.63, 3.8) is 0 Å². The lowest BCUT2D eigenvalue weighted by Crippen LogP contribution is -2.65. The van der Waals surface area contributed by atoms with Gasteiger partial charge in [-0.15, -0.1) is 0 Å². The highest BCUT2D eigenvalue weighted by atomic mass is 16.6. The predicted octanol–water partition coefficient (Wildman–Crippen LogP) is 1.78. The minimum Gasteiger partial charge on any atom is -0.394 e. The Balaban J connectivity index is 2.23. The maximum absolute atomic E-state index is 10.8. The quantitative estimate of drug-likeness (QED) is 0.139. The molecular weight excluding hydrogens is 428 g/mol. The van der Waals surface area contributed by atoms with Gasteiger partial charge >= 0.3 is 0 Å². The summed E-state index contributed by atoms with van der Waals surface area (Å²) < 4.78 is 5.33. The van der Waals surface area contributed by atoms with Crippen molar-refractivity contribution in [2.24, 2.45) is 0 Å². The fraction of sp³-hybridized carbons (Fsp3) is 1.00. The first kappa shape index (κ1) is 30.7. The van der Waals surface area contributed by atoms with Crippen molar-refractivity contribution in [2.75, 3.05) is 13.2 Å². The maximum Gasteiger partial charge on any atom is 0.116 e. The molecule has 1 heterocycles. The highest BCUT2D eigenvalue weighted by molar-refractivity contribution is 5.00. The van der Waals surface area contributed by atoms with E-state index < -0.39 is 55.4 Å². The molecule has 0 saturated carbocycles. The van der Waals surface area contributed by atoms with Crippen molar-refractivity contribution in [1.82, 2.24) is 0 Å². The number of unbranched alkanes of at least 4 members (excludes halogenated alkanes) is 13. The molecule has 1 fully saturated rings. The highest BCUT2D eigenvalue weighted by Gasteiger charge is 2.51. The SMILES string of the molecule is CCCCCCCCCCCCCCCCC(O)(CO)C(O)C1O[C@H](CO)[C@H](O)[C@H](O)[C@H]1O. The first-order valence-corrected chi connectivity index (χ1v) is 13.1.